The molecule has 1 aliphatic carbocycles. The lowest BCUT2D eigenvalue weighted by Gasteiger charge is -2.20. The molecule has 9 heteroatoms. The fourth-order valence-corrected chi connectivity index (χ4v) is 2.72. The number of hydrogen-bond acceptors (Lipinski definition) is 3. The summed E-state index contributed by atoms with van der Waals surface area (Å²) in [6, 6.07) is 5.04. The minimum absolute atomic E-state index is 0.0866. The predicted octanol–water partition coefficient (Wildman–Crippen LogP) is 3.29. The number of nitrogens with one attached hydrogen (secondary N) is 3. The van der Waals surface area contributed by atoms with Gasteiger partial charge >= 0.3 is 12.3 Å². The highest BCUT2D eigenvalue weighted by atomic mass is 19.4. The summed E-state index contributed by atoms with van der Waals surface area (Å²) in [5, 5.41) is 9.06. The highest BCUT2D eigenvalue weighted by Gasteiger charge is 2.33. The van der Waals surface area contributed by atoms with Crippen LogP contribution in [0.15, 0.2) is 29.3 Å². The van der Waals surface area contributed by atoms with Gasteiger partial charge in [0.05, 0.1) is 24.8 Å². The van der Waals surface area contributed by atoms with Gasteiger partial charge in [-0.2, -0.15) is 13.2 Å². The SMILES string of the molecule is CCNC(=NCc1cccc(C(F)(F)F)c1)NCC(NC(=O)OCC)C1CC1. The molecule has 1 aromatic carbocycles. The molecule has 1 saturated carbocycles. The molecule has 2 rings (SSSR count). The summed E-state index contributed by atoms with van der Waals surface area (Å²) < 4.78 is 43.4. The summed E-state index contributed by atoms with van der Waals surface area (Å²) >= 11 is 0. The maximum Gasteiger partial charge on any atom is 0.416 e. The number of benzene rings is 1. The molecular weight excluding hydrogens is 373 g/mol. The second-order valence-corrected chi connectivity index (χ2v) is 6.58. The largest absolute Gasteiger partial charge is 0.450 e. The molecule has 0 aromatic heterocycles. The summed E-state index contributed by atoms with van der Waals surface area (Å²) in [6.07, 6.45) is -2.75. The van der Waals surface area contributed by atoms with Crippen LogP contribution in [-0.2, 0) is 17.5 Å². The number of carbonyl (C=O) groups excluding carboxylic acids is 1. The second kappa shape index (κ2) is 10.2. The summed E-state index contributed by atoms with van der Waals surface area (Å²) in [5.74, 6) is 0.875. The maximum absolute atomic E-state index is 12.8. The molecule has 3 N–H and O–H groups in total. The zero-order valence-electron chi connectivity index (χ0n) is 16.1. The van der Waals surface area contributed by atoms with Gasteiger partial charge in [-0.15, -0.1) is 0 Å². The Kier molecular flexibility index (Phi) is 7.95. The van der Waals surface area contributed by atoms with Crippen molar-refractivity contribution in [2.24, 2.45) is 10.9 Å². The van der Waals surface area contributed by atoms with Crippen molar-refractivity contribution in [3.8, 4) is 0 Å². The molecule has 28 heavy (non-hydrogen) atoms. The van der Waals surface area contributed by atoms with Crippen LogP contribution in [0.25, 0.3) is 0 Å². The van der Waals surface area contributed by atoms with E-state index >= 15 is 0 Å². The number of guanidine groups is 1. The number of rotatable bonds is 8. The standard InChI is InChI=1S/C19H27F3N4O2/c1-3-23-17(24-11-13-6-5-7-15(10-13)19(20,21)22)25-12-16(14-8-9-14)26-18(27)28-4-2/h5-7,10,14,16H,3-4,8-9,11-12H2,1-2H3,(H,26,27)(H2,23,24,25). The molecule has 0 spiro atoms. The first-order chi connectivity index (χ1) is 13.3. The Morgan fingerprint density at radius 1 is 1.29 bits per heavy atom. The lowest BCUT2D eigenvalue weighted by Crippen LogP contribution is -2.48. The van der Waals surface area contributed by atoms with Gasteiger partial charge in [-0.3, -0.25) is 0 Å². The van der Waals surface area contributed by atoms with E-state index in [1.807, 2.05) is 6.92 Å². The van der Waals surface area contributed by atoms with E-state index in [9.17, 15) is 18.0 Å². The van der Waals surface area contributed by atoms with Gasteiger partial charge in [-0.05, 0) is 50.3 Å². The van der Waals surface area contributed by atoms with Gasteiger partial charge in [0.15, 0.2) is 5.96 Å². The number of hydrogen-bond donors (Lipinski definition) is 3. The average Bonchev–Trinajstić information content (AvgIpc) is 3.47. The summed E-state index contributed by atoms with van der Waals surface area (Å²) in [5.41, 5.74) is -0.221. The topological polar surface area (TPSA) is 74.8 Å². The molecule has 6 nitrogen and oxygen atoms in total. The van der Waals surface area contributed by atoms with Crippen LogP contribution >= 0.6 is 0 Å². The molecule has 1 aliphatic rings. The Bertz CT molecular complexity index is 675. The van der Waals surface area contributed by atoms with Crippen LogP contribution in [0, 0.1) is 5.92 Å². The van der Waals surface area contributed by atoms with Gasteiger partial charge in [0.1, 0.15) is 0 Å². The first-order valence-electron chi connectivity index (χ1n) is 9.45. The fraction of sp³-hybridized carbons (Fsp3) is 0.579. The highest BCUT2D eigenvalue weighted by Crippen LogP contribution is 2.32. The lowest BCUT2D eigenvalue weighted by molar-refractivity contribution is -0.137. The molecule has 156 valence electrons. The molecule has 1 amide bonds. The summed E-state index contributed by atoms with van der Waals surface area (Å²) in [6.45, 7) is 5.12. The number of alkyl carbamates (subject to hydrolysis) is 1. The number of nitrogens with zero attached hydrogens (tertiary/aromatic N) is 1. The first-order valence-corrected chi connectivity index (χ1v) is 9.45. The van der Waals surface area contributed by atoms with Gasteiger partial charge in [0.2, 0.25) is 0 Å². The van der Waals surface area contributed by atoms with Crippen LogP contribution in [0.3, 0.4) is 0 Å². The van der Waals surface area contributed by atoms with Gasteiger partial charge in [-0.25, -0.2) is 9.79 Å². The lowest BCUT2D eigenvalue weighted by atomic mass is 10.1. The highest BCUT2D eigenvalue weighted by molar-refractivity contribution is 5.79. The van der Waals surface area contributed by atoms with E-state index in [4.69, 9.17) is 4.74 Å². The van der Waals surface area contributed by atoms with Crippen molar-refractivity contribution in [2.45, 2.75) is 45.5 Å². The Hall–Kier alpha value is -2.45. The molecule has 1 atom stereocenters. The number of ether oxygens (including phenoxy) is 1. The van der Waals surface area contributed by atoms with Crippen molar-refractivity contribution in [1.82, 2.24) is 16.0 Å². The Labute approximate surface area is 162 Å². The van der Waals surface area contributed by atoms with Crippen LogP contribution in [-0.4, -0.2) is 37.8 Å². The monoisotopic (exact) mass is 400 g/mol. The maximum atomic E-state index is 12.8. The summed E-state index contributed by atoms with van der Waals surface area (Å²) in [7, 11) is 0. The van der Waals surface area contributed by atoms with Crippen molar-refractivity contribution < 1.29 is 22.7 Å². The van der Waals surface area contributed by atoms with Crippen LogP contribution in [0.5, 0.6) is 0 Å². The zero-order chi connectivity index (χ0) is 20.6. The molecule has 0 radical (unpaired) electrons. The third kappa shape index (κ3) is 7.28. The Balaban J connectivity index is 1.97. The third-order valence-electron chi connectivity index (χ3n) is 4.28. The van der Waals surface area contributed by atoms with Crippen LogP contribution < -0.4 is 16.0 Å². The fourth-order valence-electron chi connectivity index (χ4n) is 2.72. The quantitative estimate of drug-likeness (QED) is 0.462. The van der Waals surface area contributed by atoms with E-state index in [2.05, 4.69) is 20.9 Å². The van der Waals surface area contributed by atoms with E-state index in [-0.39, 0.29) is 12.6 Å². The molecule has 0 saturated heterocycles. The minimum atomic E-state index is -4.38. The number of carbonyl (C=O) groups is 1. The Morgan fingerprint density at radius 3 is 2.64 bits per heavy atom. The third-order valence-corrected chi connectivity index (χ3v) is 4.28. The van der Waals surface area contributed by atoms with Crippen molar-refractivity contribution in [3.05, 3.63) is 35.4 Å². The van der Waals surface area contributed by atoms with Crippen LogP contribution in [0.2, 0.25) is 0 Å². The molecule has 0 aliphatic heterocycles. The van der Waals surface area contributed by atoms with Gasteiger partial charge < -0.3 is 20.7 Å². The molecule has 1 aromatic rings. The van der Waals surface area contributed by atoms with E-state index < -0.39 is 17.8 Å². The van der Waals surface area contributed by atoms with Crippen LogP contribution in [0.1, 0.15) is 37.8 Å². The van der Waals surface area contributed by atoms with Crippen molar-refractivity contribution in [3.63, 3.8) is 0 Å². The molecule has 1 fully saturated rings. The smallest absolute Gasteiger partial charge is 0.416 e. The van der Waals surface area contributed by atoms with Gasteiger partial charge in [-0.1, -0.05) is 12.1 Å². The number of halogens is 3. The van der Waals surface area contributed by atoms with E-state index in [1.54, 1.807) is 13.0 Å². The molecule has 0 bridgehead atoms. The van der Waals surface area contributed by atoms with E-state index in [1.165, 1.54) is 6.07 Å². The summed E-state index contributed by atoms with van der Waals surface area (Å²) in [4.78, 5) is 16.0. The molecular formula is C19H27F3N4O2. The molecule has 0 heterocycles. The minimum Gasteiger partial charge on any atom is -0.450 e. The Morgan fingerprint density at radius 2 is 2.04 bits per heavy atom. The van der Waals surface area contributed by atoms with Crippen LogP contribution in [0.4, 0.5) is 18.0 Å². The zero-order valence-corrected chi connectivity index (χ0v) is 16.1. The van der Waals surface area contributed by atoms with E-state index in [0.717, 1.165) is 25.0 Å². The van der Waals surface area contributed by atoms with Gasteiger partial charge in [0, 0.05) is 13.1 Å². The van der Waals surface area contributed by atoms with Crippen molar-refractivity contribution >= 4 is 12.1 Å². The number of aliphatic imine (C=N–C) groups is 1. The normalized spacial score (nSPS) is 15.7. The molecule has 1 unspecified atom stereocenters. The number of amides is 1. The first kappa shape index (κ1) is 21.8. The van der Waals surface area contributed by atoms with Crippen molar-refractivity contribution in [1.29, 1.82) is 0 Å². The number of alkyl halides is 3. The predicted molar refractivity (Wildman–Crippen MR) is 101 cm³/mol. The van der Waals surface area contributed by atoms with Gasteiger partial charge in [0.25, 0.3) is 0 Å². The van der Waals surface area contributed by atoms with Crippen molar-refractivity contribution in [2.75, 3.05) is 19.7 Å². The average molecular weight is 400 g/mol. The van der Waals surface area contributed by atoms with E-state index in [0.29, 0.717) is 37.1 Å². The second-order valence-electron chi connectivity index (χ2n) is 6.58.